The van der Waals surface area contributed by atoms with Gasteiger partial charge in [-0.2, -0.15) is 0 Å². The minimum absolute atomic E-state index is 0.00291. The number of carbonyl (C=O) groups is 1. The molecule has 0 aliphatic rings. The molecule has 0 aromatic heterocycles. The summed E-state index contributed by atoms with van der Waals surface area (Å²) in [6, 6.07) is -0.817. The topological polar surface area (TPSA) is 108 Å². The van der Waals surface area contributed by atoms with Gasteiger partial charge in [0, 0.05) is 6.42 Å². The number of unbranched alkanes of at least 4 members (excludes halogenated alkanes) is 18. The van der Waals surface area contributed by atoms with Gasteiger partial charge < -0.3 is 28.8 Å². The molecule has 3 atom stereocenters. The maximum absolute atomic E-state index is 13.0. The number of hydrogen-bond acceptors (Lipinski definition) is 6. The van der Waals surface area contributed by atoms with E-state index in [2.05, 4.69) is 141 Å². The van der Waals surface area contributed by atoms with Crippen LogP contribution in [0.5, 0.6) is 0 Å². The first-order valence-electron chi connectivity index (χ1n) is 28.9. The largest absolute Gasteiger partial charge is 0.756 e. The van der Waals surface area contributed by atoms with Crippen LogP contribution < -0.4 is 10.2 Å². The molecule has 0 saturated heterocycles. The van der Waals surface area contributed by atoms with Gasteiger partial charge in [-0.25, -0.2) is 0 Å². The molecule has 8 nitrogen and oxygen atoms in total. The number of phosphoric ester groups is 1. The van der Waals surface area contributed by atoms with E-state index in [4.69, 9.17) is 9.05 Å². The number of carbonyl (C=O) groups excluding carboxylic acids is 1. The van der Waals surface area contributed by atoms with E-state index in [0.29, 0.717) is 23.9 Å². The second-order valence-electron chi connectivity index (χ2n) is 20.3. The summed E-state index contributed by atoms with van der Waals surface area (Å²) in [6.07, 6.45) is 78.0. The van der Waals surface area contributed by atoms with Crippen LogP contribution in [0.2, 0.25) is 0 Å². The van der Waals surface area contributed by atoms with Gasteiger partial charge in [0.05, 0.1) is 39.9 Å². The van der Waals surface area contributed by atoms with Crippen LogP contribution in [0, 0.1) is 0 Å². The molecule has 3 unspecified atom stereocenters. The molecule has 0 aliphatic carbocycles. The number of rotatable bonds is 51. The number of phosphoric acid groups is 1. The van der Waals surface area contributed by atoms with Crippen LogP contribution in [0.15, 0.2) is 122 Å². The normalized spacial score (nSPS) is 14.8. The zero-order valence-electron chi connectivity index (χ0n) is 46.8. The molecule has 72 heavy (non-hydrogen) atoms. The summed E-state index contributed by atoms with van der Waals surface area (Å²) < 4.78 is 23.3. The molecule has 0 aromatic rings. The van der Waals surface area contributed by atoms with Crippen LogP contribution in [0.25, 0.3) is 0 Å². The number of hydrogen-bond donors (Lipinski definition) is 2. The number of aliphatic hydroxyl groups excluding tert-OH is 1. The van der Waals surface area contributed by atoms with E-state index in [1.54, 1.807) is 0 Å². The second kappa shape index (κ2) is 52.8. The highest BCUT2D eigenvalue weighted by atomic mass is 31.2. The van der Waals surface area contributed by atoms with E-state index >= 15 is 0 Å². The summed E-state index contributed by atoms with van der Waals surface area (Å²) in [7, 11) is 1.28. The minimum Gasteiger partial charge on any atom is -0.756 e. The standard InChI is InChI=1S/C63H109N2O6P/c1-6-8-10-12-14-16-18-20-21-22-23-24-25-26-27-28-29-30-31-32-33-34-35-36-37-38-39-40-41-42-43-45-47-49-51-53-55-57-63(67)64-61(60-71-72(68,69)70-59-58-65(3,4)5)62(66)56-54-52-50-48-46-44-19-17-15-13-11-9-7-2/h8,10,14,16,20-21,23-24,26-27,29-30,32-33,35-36,38-39,41-42,61-62,66H,6-7,9,11-13,15,17-19,22,25,28,31,34,37,40,43-60H2,1-5H3,(H-,64,67,68,69)/b10-8-,16-14-,21-20-,24-23-,27-26-,30-29-,33-32-,36-35-,39-38-,42-41-. The highest BCUT2D eigenvalue weighted by Crippen LogP contribution is 2.38. The zero-order chi connectivity index (χ0) is 52.7. The molecule has 0 saturated carbocycles. The summed E-state index contributed by atoms with van der Waals surface area (Å²) in [5.41, 5.74) is 0. The molecule has 0 rings (SSSR count). The Labute approximate surface area is 444 Å². The number of nitrogens with zero attached hydrogens (tertiary/aromatic N) is 1. The van der Waals surface area contributed by atoms with Gasteiger partial charge in [0.15, 0.2) is 0 Å². The molecular formula is C63H109N2O6P. The SMILES string of the molecule is CC/C=C\C/C=C\C/C=C\C/C=C\C/C=C\C/C=C\C/C=C\C/C=C\C/C=C\C/C=C\CCCCCCCCC(=O)NC(COP(=O)([O-])OCC[N+](C)(C)C)C(O)CCCCCCCCCCCCCCC. The summed E-state index contributed by atoms with van der Waals surface area (Å²) in [5, 5.41) is 14.0. The fraction of sp³-hybridized carbons (Fsp3) is 0.667. The van der Waals surface area contributed by atoms with E-state index in [1.165, 1.54) is 77.0 Å². The number of allylic oxidation sites excluding steroid dienone is 20. The van der Waals surface area contributed by atoms with Gasteiger partial charge in [-0.3, -0.25) is 9.36 Å². The van der Waals surface area contributed by atoms with E-state index in [9.17, 15) is 19.4 Å². The van der Waals surface area contributed by atoms with Gasteiger partial charge in [-0.05, 0) is 89.9 Å². The lowest BCUT2D eigenvalue weighted by Gasteiger charge is -2.30. The number of nitrogens with one attached hydrogen (secondary N) is 1. The van der Waals surface area contributed by atoms with Crippen molar-refractivity contribution < 1.29 is 32.9 Å². The first-order chi connectivity index (χ1) is 35.0. The minimum atomic E-state index is -4.58. The maximum atomic E-state index is 13.0. The molecular weight excluding hydrogens is 912 g/mol. The van der Waals surface area contributed by atoms with Gasteiger partial charge in [0.1, 0.15) is 13.2 Å². The first kappa shape index (κ1) is 68.9. The van der Waals surface area contributed by atoms with Crippen molar-refractivity contribution in [2.24, 2.45) is 0 Å². The van der Waals surface area contributed by atoms with Crippen LogP contribution in [0.4, 0.5) is 0 Å². The Bertz CT molecular complexity index is 1580. The number of quaternary nitrogens is 1. The summed E-state index contributed by atoms with van der Waals surface area (Å²) in [5.74, 6) is -0.185. The smallest absolute Gasteiger partial charge is 0.268 e. The van der Waals surface area contributed by atoms with Crippen LogP contribution in [0.3, 0.4) is 0 Å². The molecule has 2 N–H and O–H groups in total. The molecule has 0 aromatic carbocycles. The Morgan fingerprint density at radius 3 is 1.24 bits per heavy atom. The average molecular weight is 1020 g/mol. The van der Waals surface area contributed by atoms with Crippen molar-refractivity contribution in [1.82, 2.24) is 5.32 Å². The molecule has 412 valence electrons. The van der Waals surface area contributed by atoms with Gasteiger partial charge in [-0.1, -0.05) is 245 Å². The van der Waals surface area contributed by atoms with Crippen LogP contribution in [-0.4, -0.2) is 68.5 Å². The summed E-state index contributed by atoms with van der Waals surface area (Å²) >= 11 is 0. The molecule has 9 heteroatoms. The molecule has 0 aliphatic heterocycles. The predicted molar refractivity (Wildman–Crippen MR) is 311 cm³/mol. The van der Waals surface area contributed by atoms with Crippen LogP contribution >= 0.6 is 7.82 Å². The van der Waals surface area contributed by atoms with Gasteiger partial charge in [0.2, 0.25) is 5.91 Å². The average Bonchev–Trinajstić information content (AvgIpc) is 3.34. The van der Waals surface area contributed by atoms with Crippen molar-refractivity contribution in [3.8, 4) is 0 Å². The summed E-state index contributed by atoms with van der Waals surface area (Å²) in [6.45, 7) is 4.58. The zero-order valence-corrected chi connectivity index (χ0v) is 47.7. The van der Waals surface area contributed by atoms with E-state index in [1.807, 2.05) is 21.1 Å². The lowest BCUT2D eigenvalue weighted by molar-refractivity contribution is -0.870. The Morgan fingerprint density at radius 1 is 0.500 bits per heavy atom. The van der Waals surface area contributed by atoms with E-state index in [0.717, 1.165) is 116 Å². The third-order valence-electron chi connectivity index (χ3n) is 12.2. The lowest BCUT2D eigenvalue weighted by atomic mass is 10.0. The third-order valence-corrected chi connectivity index (χ3v) is 13.2. The fourth-order valence-corrected chi connectivity index (χ4v) is 8.44. The van der Waals surface area contributed by atoms with Crippen molar-refractivity contribution in [2.75, 3.05) is 40.9 Å². The number of aliphatic hydroxyl groups is 1. The number of likely N-dealkylation sites (N-methyl/N-ethyl adjacent to an activating group) is 1. The van der Waals surface area contributed by atoms with Crippen molar-refractivity contribution in [2.45, 2.75) is 231 Å². The van der Waals surface area contributed by atoms with Crippen LogP contribution in [-0.2, 0) is 18.4 Å². The quantitative estimate of drug-likeness (QED) is 0.0272. The Hall–Kier alpha value is -3.10. The molecule has 0 spiro atoms. The first-order valence-corrected chi connectivity index (χ1v) is 30.3. The van der Waals surface area contributed by atoms with Crippen molar-refractivity contribution in [1.29, 1.82) is 0 Å². The second-order valence-corrected chi connectivity index (χ2v) is 21.7. The van der Waals surface area contributed by atoms with Crippen molar-refractivity contribution in [3.05, 3.63) is 122 Å². The van der Waals surface area contributed by atoms with Crippen LogP contribution in [0.1, 0.15) is 219 Å². The highest BCUT2D eigenvalue weighted by Gasteiger charge is 2.24. The summed E-state index contributed by atoms with van der Waals surface area (Å²) in [4.78, 5) is 25.5. The number of amides is 1. The van der Waals surface area contributed by atoms with Gasteiger partial charge in [-0.15, -0.1) is 0 Å². The molecule has 1 amide bonds. The molecule has 0 bridgehead atoms. The lowest BCUT2D eigenvalue weighted by Crippen LogP contribution is -2.46. The van der Waals surface area contributed by atoms with E-state index in [-0.39, 0.29) is 19.1 Å². The van der Waals surface area contributed by atoms with Gasteiger partial charge >= 0.3 is 0 Å². The van der Waals surface area contributed by atoms with Crippen molar-refractivity contribution >= 4 is 13.7 Å². The maximum Gasteiger partial charge on any atom is 0.268 e. The highest BCUT2D eigenvalue weighted by molar-refractivity contribution is 7.45. The van der Waals surface area contributed by atoms with E-state index < -0.39 is 20.0 Å². The predicted octanol–water partition coefficient (Wildman–Crippen LogP) is 17.1. The third kappa shape index (κ3) is 54.7. The Kier molecular flexibility index (Phi) is 50.5. The van der Waals surface area contributed by atoms with Crippen molar-refractivity contribution in [3.63, 3.8) is 0 Å². The molecule has 0 radical (unpaired) electrons. The fourth-order valence-electron chi connectivity index (χ4n) is 7.71. The molecule has 0 heterocycles. The molecule has 0 fully saturated rings. The Balaban J connectivity index is 4.16. The van der Waals surface area contributed by atoms with Gasteiger partial charge in [0.25, 0.3) is 7.82 Å². The Morgan fingerprint density at radius 2 is 0.847 bits per heavy atom. The monoisotopic (exact) mass is 1020 g/mol.